The van der Waals surface area contributed by atoms with Crippen LogP contribution in [0, 0.1) is 6.92 Å². The summed E-state index contributed by atoms with van der Waals surface area (Å²) in [5.74, 6) is 1.06. The fourth-order valence-electron chi connectivity index (χ4n) is 2.33. The van der Waals surface area contributed by atoms with Crippen LogP contribution in [-0.4, -0.2) is 32.1 Å². The summed E-state index contributed by atoms with van der Waals surface area (Å²) in [5.41, 5.74) is 1.95. The number of methoxy groups -OCH3 is 2. The van der Waals surface area contributed by atoms with Gasteiger partial charge in [0.15, 0.2) is 11.5 Å². The highest BCUT2D eigenvalue weighted by Gasteiger charge is 2.26. The van der Waals surface area contributed by atoms with Crippen molar-refractivity contribution in [1.29, 1.82) is 0 Å². The van der Waals surface area contributed by atoms with E-state index in [1.54, 1.807) is 14.2 Å². The van der Waals surface area contributed by atoms with Gasteiger partial charge in [0.2, 0.25) is 11.8 Å². The monoisotopic (exact) mass is 292 g/mol. The molecule has 1 saturated heterocycles. The molecule has 1 aliphatic heterocycles. The van der Waals surface area contributed by atoms with E-state index in [0.717, 1.165) is 11.1 Å². The van der Waals surface area contributed by atoms with Gasteiger partial charge in [-0.3, -0.25) is 9.59 Å². The molecule has 0 spiro atoms. The summed E-state index contributed by atoms with van der Waals surface area (Å²) < 4.78 is 10.5. The largest absolute Gasteiger partial charge is 0.493 e. The number of ether oxygens (including phenoxy) is 2. The van der Waals surface area contributed by atoms with Crippen molar-refractivity contribution < 1.29 is 19.1 Å². The van der Waals surface area contributed by atoms with Crippen molar-refractivity contribution in [3.63, 3.8) is 0 Å². The van der Waals surface area contributed by atoms with E-state index >= 15 is 0 Å². The second-order valence-electron chi connectivity index (χ2n) is 5.01. The first-order valence-electron chi connectivity index (χ1n) is 6.83. The van der Waals surface area contributed by atoms with Crippen LogP contribution in [0.4, 0.5) is 0 Å². The van der Waals surface area contributed by atoms with E-state index in [-0.39, 0.29) is 11.8 Å². The number of rotatable bonds is 5. The topological polar surface area (TPSA) is 76.7 Å². The first-order valence-corrected chi connectivity index (χ1v) is 6.83. The Kier molecular flexibility index (Phi) is 4.67. The normalized spacial score (nSPS) is 17.3. The molecule has 6 heteroatoms. The molecular weight excluding hydrogens is 272 g/mol. The van der Waals surface area contributed by atoms with Crippen molar-refractivity contribution in [1.82, 2.24) is 10.6 Å². The van der Waals surface area contributed by atoms with Gasteiger partial charge >= 0.3 is 0 Å². The van der Waals surface area contributed by atoms with E-state index in [1.807, 2.05) is 19.1 Å². The number of benzene rings is 1. The molecule has 114 valence electrons. The molecule has 2 rings (SSSR count). The highest BCUT2D eigenvalue weighted by atomic mass is 16.5. The van der Waals surface area contributed by atoms with Crippen LogP contribution < -0.4 is 20.1 Å². The summed E-state index contributed by atoms with van der Waals surface area (Å²) >= 11 is 0. The zero-order valence-electron chi connectivity index (χ0n) is 12.5. The third kappa shape index (κ3) is 3.45. The fraction of sp³-hybridized carbons (Fsp3) is 0.467. The van der Waals surface area contributed by atoms with Crippen molar-refractivity contribution in [3.05, 3.63) is 23.3 Å². The summed E-state index contributed by atoms with van der Waals surface area (Å²) in [6.45, 7) is 2.33. The Balaban J connectivity index is 2.02. The Morgan fingerprint density at radius 2 is 2.00 bits per heavy atom. The molecule has 1 aromatic rings. The standard InChI is InChI=1S/C15H20N2O4/c1-9-6-12(20-2)13(21-3)7-10(9)8-16-15(19)11-4-5-14(18)17-11/h6-7,11H,4-5,8H2,1-3H3,(H,16,19)(H,17,18). The van der Waals surface area contributed by atoms with Crippen LogP contribution in [0.1, 0.15) is 24.0 Å². The Labute approximate surface area is 123 Å². The lowest BCUT2D eigenvalue weighted by molar-refractivity contribution is -0.125. The lowest BCUT2D eigenvalue weighted by Gasteiger charge is -2.15. The SMILES string of the molecule is COc1cc(C)c(CNC(=O)C2CCC(=O)N2)cc1OC. The molecule has 0 bridgehead atoms. The molecule has 2 N–H and O–H groups in total. The number of hydrogen-bond acceptors (Lipinski definition) is 4. The van der Waals surface area contributed by atoms with Crippen molar-refractivity contribution >= 4 is 11.8 Å². The summed E-state index contributed by atoms with van der Waals surface area (Å²) in [7, 11) is 3.16. The molecule has 2 amide bonds. The molecule has 1 unspecified atom stereocenters. The van der Waals surface area contributed by atoms with Crippen molar-refractivity contribution in [2.45, 2.75) is 32.4 Å². The first-order chi connectivity index (χ1) is 10.0. The minimum Gasteiger partial charge on any atom is -0.493 e. The number of nitrogens with one attached hydrogen (secondary N) is 2. The Morgan fingerprint density at radius 1 is 1.33 bits per heavy atom. The van der Waals surface area contributed by atoms with Crippen LogP contribution in [0.15, 0.2) is 12.1 Å². The molecule has 1 aliphatic rings. The number of carbonyl (C=O) groups excluding carboxylic acids is 2. The summed E-state index contributed by atoms with van der Waals surface area (Å²) in [4.78, 5) is 23.1. The third-order valence-electron chi connectivity index (χ3n) is 3.61. The van der Waals surface area contributed by atoms with Crippen LogP contribution in [-0.2, 0) is 16.1 Å². The van der Waals surface area contributed by atoms with Gasteiger partial charge in [0.1, 0.15) is 6.04 Å². The van der Waals surface area contributed by atoms with E-state index in [1.165, 1.54) is 0 Å². The Hall–Kier alpha value is -2.24. The van der Waals surface area contributed by atoms with E-state index in [9.17, 15) is 9.59 Å². The quantitative estimate of drug-likeness (QED) is 0.845. The molecule has 0 radical (unpaired) electrons. The van der Waals surface area contributed by atoms with Gasteiger partial charge in [0.05, 0.1) is 14.2 Å². The van der Waals surface area contributed by atoms with Crippen molar-refractivity contribution in [3.8, 4) is 11.5 Å². The fourth-order valence-corrected chi connectivity index (χ4v) is 2.33. The summed E-state index contributed by atoms with van der Waals surface area (Å²) in [6.07, 6.45) is 0.961. The van der Waals surface area contributed by atoms with Gasteiger partial charge in [-0.05, 0) is 36.6 Å². The van der Waals surface area contributed by atoms with E-state index in [4.69, 9.17) is 9.47 Å². The molecule has 1 aromatic carbocycles. The smallest absolute Gasteiger partial charge is 0.242 e. The number of amides is 2. The van der Waals surface area contributed by atoms with Gasteiger partial charge in [0, 0.05) is 13.0 Å². The molecule has 21 heavy (non-hydrogen) atoms. The van der Waals surface area contributed by atoms with Crippen LogP contribution >= 0.6 is 0 Å². The highest BCUT2D eigenvalue weighted by Crippen LogP contribution is 2.30. The summed E-state index contributed by atoms with van der Waals surface area (Å²) in [6, 6.07) is 3.30. The Bertz CT molecular complexity index is 557. The zero-order chi connectivity index (χ0) is 15.4. The summed E-state index contributed by atoms with van der Waals surface area (Å²) in [5, 5.41) is 5.49. The van der Waals surface area contributed by atoms with Gasteiger partial charge in [0.25, 0.3) is 0 Å². The van der Waals surface area contributed by atoms with Gasteiger partial charge in [-0.15, -0.1) is 0 Å². The van der Waals surface area contributed by atoms with Crippen LogP contribution in [0.25, 0.3) is 0 Å². The van der Waals surface area contributed by atoms with Crippen LogP contribution in [0.3, 0.4) is 0 Å². The van der Waals surface area contributed by atoms with E-state index in [2.05, 4.69) is 10.6 Å². The third-order valence-corrected chi connectivity index (χ3v) is 3.61. The average Bonchev–Trinajstić information content (AvgIpc) is 2.91. The molecule has 0 saturated carbocycles. The number of aryl methyl sites for hydroxylation is 1. The molecule has 6 nitrogen and oxygen atoms in total. The number of hydrogen-bond donors (Lipinski definition) is 2. The van der Waals surface area contributed by atoms with Gasteiger partial charge in [-0.2, -0.15) is 0 Å². The lowest BCUT2D eigenvalue weighted by Crippen LogP contribution is -2.41. The molecule has 1 atom stereocenters. The molecule has 0 aromatic heterocycles. The van der Waals surface area contributed by atoms with Gasteiger partial charge < -0.3 is 20.1 Å². The average molecular weight is 292 g/mol. The van der Waals surface area contributed by atoms with Gasteiger partial charge in [-0.25, -0.2) is 0 Å². The molecule has 0 aliphatic carbocycles. The van der Waals surface area contributed by atoms with Crippen LogP contribution in [0.2, 0.25) is 0 Å². The Morgan fingerprint density at radius 3 is 2.57 bits per heavy atom. The maximum atomic E-state index is 12.0. The van der Waals surface area contributed by atoms with Crippen molar-refractivity contribution in [2.75, 3.05) is 14.2 Å². The first kappa shape index (κ1) is 15.2. The van der Waals surface area contributed by atoms with E-state index in [0.29, 0.717) is 30.9 Å². The second-order valence-corrected chi connectivity index (χ2v) is 5.01. The maximum absolute atomic E-state index is 12.0. The van der Waals surface area contributed by atoms with Gasteiger partial charge in [-0.1, -0.05) is 0 Å². The molecular formula is C15H20N2O4. The number of carbonyl (C=O) groups is 2. The lowest BCUT2D eigenvalue weighted by atomic mass is 10.1. The second kappa shape index (κ2) is 6.47. The van der Waals surface area contributed by atoms with Crippen LogP contribution in [0.5, 0.6) is 11.5 Å². The minimum atomic E-state index is -0.419. The van der Waals surface area contributed by atoms with E-state index < -0.39 is 6.04 Å². The minimum absolute atomic E-state index is 0.0718. The highest BCUT2D eigenvalue weighted by molar-refractivity contribution is 5.90. The molecule has 1 fully saturated rings. The predicted octanol–water partition coefficient (Wildman–Crippen LogP) is 0.907. The maximum Gasteiger partial charge on any atom is 0.242 e. The predicted molar refractivity (Wildman–Crippen MR) is 77.3 cm³/mol. The zero-order valence-corrected chi connectivity index (χ0v) is 12.5. The molecule has 1 heterocycles. The van der Waals surface area contributed by atoms with Crippen molar-refractivity contribution in [2.24, 2.45) is 0 Å².